The third-order valence-electron chi connectivity index (χ3n) is 4.14. The van der Waals surface area contributed by atoms with Crippen LogP contribution in [0.1, 0.15) is 5.56 Å². The summed E-state index contributed by atoms with van der Waals surface area (Å²) >= 11 is 0. The van der Waals surface area contributed by atoms with Crippen molar-refractivity contribution in [3.63, 3.8) is 0 Å². The summed E-state index contributed by atoms with van der Waals surface area (Å²) < 4.78 is 52.0. The van der Waals surface area contributed by atoms with Crippen LogP contribution in [0.5, 0.6) is 0 Å². The van der Waals surface area contributed by atoms with Crippen molar-refractivity contribution >= 4 is 28.6 Å². The number of fused-ring (bicyclic) bond motifs is 1. The van der Waals surface area contributed by atoms with Gasteiger partial charge in [-0.15, -0.1) is 0 Å². The molecule has 7 nitrogen and oxygen atoms in total. The maximum absolute atomic E-state index is 13.7. The van der Waals surface area contributed by atoms with Crippen molar-refractivity contribution in [3.05, 3.63) is 66.2 Å². The van der Waals surface area contributed by atoms with Crippen LogP contribution < -0.4 is 10.6 Å². The molecular weight excluding hydrogens is 404 g/mol. The summed E-state index contributed by atoms with van der Waals surface area (Å²) in [7, 11) is 0. The van der Waals surface area contributed by atoms with Gasteiger partial charge >= 0.3 is 12.2 Å². The molecule has 11 heteroatoms. The molecule has 152 valence electrons. The van der Waals surface area contributed by atoms with Gasteiger partial charge in [0.1, 0.15) is 11.6 Å². The molecule has 0 bridgehead atoms. The lowest BCUT2D eigenvalue weighted by molar-refractivity contribution is -0.137. The van der Waals surface area contributed by atoms with Crippen LogP contribution in [-0.4, -0.2) is 26.2 Å². The van der Waals surface area contributed by atoms with Gasteiger partial charge < -0.3 is 5.32 Å². The quantitative estimate of drug-likeness (QED) is 0.417. The van der Waals surface area contributed by atoms with Crippen LogP contribution in [0.4, 0.5) is 33.9 Å². The van der Waals surface area contributed by atoms with Gasteiger partial charge in [-0.3, -0.25) is 10.4 Å². The van der Waals surface area contributed by atoms with Crippen molar-refractivity contribution < 1.29 is 22.4 Å². The first-order valence-electron chi connectivity index (χ1n) is 8.51. The maximum atomic E-state index is 13.7. The third kappa shape index (κ3) is 4.04. The van der Waals surface area contributed by atoms with Crippen LogP contribution in [0.2, 0.25) is 0 Å². The SMILES string of the molecule is O=C(Nc1ccc(-c2ccc3cn[nH]c3n2)cn1)Nc1cc(C(F)(F)F)ccc1F. The molecule has 0 radical (unpaired) electrons. The molecule has 3 aromatic heterocycles. The Balaban J connectivity index is 1.46. The van der Waals surface area contributed by atoms with Gasteiger partial charge in [-0.2, -0.15) is 18.3 Å². The van der Waals surface area contributed by atoms with Crippen molar-refractivity contribution in [1.29, 1.82) is 0 Å². The summed E-state index contributed by atoms with van der Waals surface area (Å²) in [6.07, 6.45) is -1.56. The minimum atomic E-state index is -4.66. The molecule has 1 aromatic carbocycles. The molecule has 0 saturated carbocycles. The van der Waals surface area contributed by atoms with Crippen LogP contribution >= 0.6 is 0 Å². The molecule has 3 heterocycles. The molecule has 0 atom stereocenters. The van der Waals surface area contributed by atoms with Crippen LogP contribution in [0, 0.1) is 5.82 Å². The predicted octanol–water partition coefficient (Wildman–Crippen LogP) is 4.82. The molecule has 0 fully saturated rings. The fourth-order valence-corrected chi connectivity index (χ4v) is 2.67. The number of benzene rings is 1. The third-order valence-corrected chi connectivity index (χ3v) is 4.14. The Bertz CT molecular complexity index is 1220. The summed E-state index contributed by atoms with van der Waals surface area (Å²) in [5.41, 5.74) is 0.222. The molecule has 2 amide bonds. The maximum Gasteiger partial charge on any atom is 0.416 e. The minimum Gasteiger partial charge on any atom is -0.305 e. The van der Waals surface area contributed by atoms with Gasteiger partial charge in [0.2, 0.25) is 0 Å². The number of rotatable bonds is 3. The predicted molar refractivity (Wildman–Crippen MR) is 101 cm³/mol. The Hall–Kier alpha value is -4.02. The van der Waals surface area contributed by atoms with E-state index < -0.39 is 29.3 Å². The van der Waals surface area contributed by atoms with E-state index in [0.717, 1.165) is 5.39 Å². The number of hydrogen-bond donors (Lipinski definition) is 3. The van der Waals surface area contributed by atoms with Crippen molar-refractivity contribution in [2.24, 2.45) is 0 Å². The van der Waals surface area contributed by atoms with Crippen molar-refractivity contribution in [1.82, 2.24) is 20.2 Å². The van der Waals surface area contributed by atoms with E-state index in [2.05, 4.69) is 25.5 Å². The number of pyridine rings is 2. The normalized spacial score (nSPS) is 11.5. The molecule has 0 saturated heterocycles. The molecule has 4 aromatic rings. The Morgan fingerprint density at radius 1 is 1.00 bits per heavy atom. The largest absolute Gasteiger partial charge is 0.416 e. The highest BCUT2D eigenvalue weighted by molar-refractivity contribution is 5.99. The van der Waals surface area contributed by atoms with Crippen LogP contribution in [0.15, 0.2) is 54.9 Å². The second-order valence-electron chi connectivity index (χ2n) is 6.21. The van der Waals surface area contributed by atoms with Gasteiger partial charge in [0.05, 0.1) is 23.1 Å². The van der Waals surface area contributed by atoms with Gasteiger partial charge in [0.15, 0.2) is 5.65 Å². The highest BCUT2D eigenvalue weighted by atomic mass is 19.4. The lowest BCUT2D eigenvalue weighted by Gasteiger charge is -2.11. The van der Waals surface area contributed by atoms with Gasteiger partial charge in [-0.05, 0) is 42.5 Å². The summed E-state index contributed by atoms with van der Waals surface area (Å²) in [4.78, 5) is 20.5. The summed E-state index contributed by atoms with van der Waals surface area (Å²) in [6.45, 7) is 0. The molecule has 30 heavy (non-hydrogen) atoms. The molecule has 0 unspecified atom stereocenters. The molecule has 0 aliphatic rings. The average Bonchev–Trinajstić information content (AvgIpc) is 3.17. The zero-order valence-electron chi connectivity index (χ0n) is 15.0. The number of hydrogen-bond acceptors (Lipinski definition) is 4. The monoisotopic (exact) mass is 416 g/mol. The fourth-order valence-electron chi connectivity index (χ4n) is 2.67. The zero-order valence-corrected chi connectivity index (χ0v) is 15.0. The van der Waals surface area contributed by atoms with E-state index in [4.69, 9.17) is 0 Å². The van der Waals surface area contributed by atoms with Gasteiger partial charge in [-0.25, -0.2) is 19.2 Å². The molecule has 0 spiro atoms. The number of alkyl halides is 3. The number of anilines is 2. The summed E-state index contributed by atoms with van der Waals surface area (Å²) in [6, 6.07) is 7.56. The smallest absolute Gasteiger partial charge is 0.305 e. The van der Waals surface area contributed by atoms with E-state index in [1.165, 1.54) is 12.3 Å². The number of nitrogens with one attached hydrogen (secondary N) is 3. The number of carbonyl (C=O) groups excluding carboxylic acids is 1. The van der Waals surface area contributed by atoms with Crippen LogP contribution in [-0.2, 0) is 6.18 Å². The Labute approximate surface area is 166 Å². The van der Waals surface area contributed by atoms with Gasteiger partial charge in [0.25, 0.3) is 0 Å². The van der Waals surface area contributed by atoms with Gasteiger partial charge in [0, 0.05) is 17.1 Å². The number of halogens is 4. The number of carbonyl (C=O) groups is 1. The number of aromatic amines is 1. The fraction of sp³-hybridized carbons (Fsp3) is 0.0526. The second kappa shape index (κ2) is 7.43. The average molecular weight is 416 g/mol. The molecule has 0 aliphatic carbocycles. The summed E-state index contributed by atoms with van der Waals surface area (Å²) in [5.74, 6) is -0.881. The number of nitrogens with zero attached hydrogens (tertiary/aromatic N) is 3. The lowest BCUT2D eigenvalue weighted by Crippen LogP contribution is -2.21. The molecular formula is C19H12F4N6O. The highest BCUT2D eigenvalue weighted by Gasteiger charge is 2.31. The van der Waals surface area contributed by atoms with E-state index in [9.17, 15) is 22.4 Å². The van der Waals surface area contributed by atoms with Crippen LogP contribution in [0.25, 0.3) is 22.3 Å². The van der Waals surface area contributed by atoms with Crippen molar-refractivity contribution in [3.8, 4) is 11.3 Å². The Morgan fingerprint density at radius 3 is 2.57 bits per heavy atom. The first-order valence-corrected chi connectivity index (χ1v) is 8.51. The molecule has 4 rings (SSSR count). The van der Waals surface area contributed by atoms with Gasteiger partial charge in [-0.1, -0.05) is 0 Å². The van der Waals surface area contributed by atoms with E-state index in [-0.39, 0.29) is 5.82 Å². The topological polar surface area (TPSA) is 95.6 Å². The Kier molecular flexibility index (Phi) is 4.78. The molecule has 0 aliphatic heterocycles. The standard InChI is InChI=1S/C19H12F4N6O/c20-13-4-3-12(19(21,22)23)7-15(13)27-18(30)28-16-6-2-10(8-24-16)14-5-1-11-9-25-29-17(11)26-14/h1-9H,(H,25,26,29)(H2,24,27,28,30). The van der Waals surface area contributed by atoms with E-state index in [1.807, 2.05) is 11.4 Å². The number of amides is 2. The van der Waals surface area contributed by atoms with E-state index in [0.29, 0.717) is 35.1 Å². The lowest BCUT2D eigenvalue weighted by atomic mass is 10.2. The first kappa shape index (κ1) is 19.3. The van der Waals surface area contributed by atoms with E-state index in [1.54, 1.807) is 18.3 Å². The highest BCUT2D eigenvalue weighted by Crippen LogP contribution is 2.31. The summed E-state index contributed by atoms with van der Waals surface area (Å²) in [5, 5.41) is 11.9. The number of H-pyrrole nitrogens is 1. The first-order chi connectivity index (χ1) is 14.3. The second-order valence-corrected chi connectivity index (χ2v) is 6.21. The number of aromatic nitrogens is 4. The molecule has 3 N–H and O–H groups in total. The zero-order chi connectivity index (χ0) is 21.3. The van der Waals surface area contributed by atoms with Crippen molar-refractivity contribution in [2.75, 3.05) is 10.6 Å². The van der Waals surface area contributed by atoms with Crippen molar-refractivity contribution in [2.45, 2.75) is 6.18 Å². The minimum absolute atomic E-state index is 0.117. The van der Waals surface area contributed by atoms with Crippen LogP contribution in [0.3, 0.4) is 0 Å². The Morgan fingerprint density at radius 2 is 1.83 bits per heavy atom. The van der Waals surface area contributed by atoms with E-state index >= 15 is 0 Å². The number of urea groups is 1.